The van der Waals surface area contributed by atoms with E-state index in [1.54, 1.807) is 14.2 Å². The number of nitrogens with one attached hydrogen (secondary N) is 1. The lowest BCUT2D eigenvalue weighted by molar-refractivity contribution is 0.281. The summed E-state index contributed by atoms with van der Waals surface area (Å²) in [4.78, 5) is 0. The number of benzene rings is 2. The molecule has 3 N–H and O–H groups in total. The second-order valence-corrected chi connectivity index (χ2v) is 6.43. The number of nitrogens with two attached hydrogens (primary N) is 1. The average molecular weight is 326 g/mol. The van der Waals surface area contributed by atoms with Gasteiger partial charge in [0.2, 0.25) is 0 Å². The lowest BCUT2D eigenvalue weighted by atomic mass is 9.77. The topological polar surface area (TPSA) is 56.5 Å². The van der Waals surface area contributed by atoms with Crippen molar-refractivity contribution in [1.29, 1.82) is 0 Å². The number of hydrogen-bond acceptors (Lipinski definition) is 4. The Morgan fingerprint density at radius 2 is 1.67 bits per heavy atom. The van der Waals surface area contributed by atoms with Crippen molar-refractivity contribution < 1.29 is 9.47 Å². The third kappa shape index (κ3) is 3.25. The highest BCUT2D eigenvalue weighted by atomic mass is 16.5. The summed E-state index contributed by atoms with van der Waals surface area (Å²) >= 11 is 0. The molecule has 2 aromatic rings. The molecule has 0 radical (unpaired) electrons. The van der Waals surface area contributed by atoms with Gasteiger partial charge in [-0.3, -0.25) is 0 Å². The van der Waals surface area contributed by atoms with Crippen LogP contribution in [0, 0.1) is 0 Å². The Balaban J connectivity index is 1.85. The van der Waals surface area contributed by atoms with Crippen molar-refractivity contribution in [2.75, 3.05) is 20.8 Å². The van der Waals surface area contributed by atoms with E-state index < -0.39 is 0 Å². The Morgan fingerprint density at radius 3 is 2.29 bits per heavy atom. The molecular weight excluding hydrogens is 300 g/mol. The van der Waals surface area contributed by atoms with Gasteiger partial charge in [-0.1, -0.05) is 30.3 Å². The highest BCUT2D eigenvalue weighted by molar-refractivity contribution is 5.51. The minimum atomic E-state index is -0.109. The molecule has 0 saturated heterocycles. The monoisotopic (exact) mass is 326 g/mol. The maximum atomic E-state index is 6.19. The van der Waals surface area contributed by atoms with Gasteiger partial charge >= 0.3 is 0 Å². The van der Waals surface area contributed by atoms with E-state index in [1.807, 2.05) is 18.2 Å². The lowest BCUT2D eigenvalue weighted by Gasteiger charge is -2.39. The Morgan fingerprint density at radius 1 is 1.00 bits per heavy atom. The van der Waals surface area contributed by atoms with Crippen LogP contribution in [0.4, 0.5) is 0 Å². The largest absolute Gasteiger partial charge is 0.496 e. The molecule has 0 amide bonds. The van der Waals surface area contributed by atoms with Crippen LogP contribution in [0.5, 0.6) is 11.5 Å². The van der Waals surface area contributed by atoms with Crippen LogP contribution in [-0.4, -0.2) is 26.3 Å². The second kappa shape index (κ2) is 7.24. The van der Waals surface area contributed by atoms with Gasteiger partial charge in [0.1, 0.15) is 11.5 Å². The Labute approximate surface area is 144 Å². The van der Waals surface area contributed by atoms with Crippen LogP contribution >= 0.6 is 0 Å². The van der Waals surface area contributed by atoms with Gasteiger partial charge in [-0.15, -0.1) is 0 Å². The van der Waals surface area contributed by atoms with Crippen molar-refractivity contribution in [2.24, 2.45) is 5.73 Å². The summed E-state index contributed by atoms with van der Waals surface area (Å²) < 4.78 is 11.1. The Hall–Kier alpha value is -2.04. The Kier molecular flexibility index (Phi) is 5.07. The molecule has 128 valence electrons. The highest BCUT2D eigenvalue weighted by Gasteiger charge is 2.35. The van der Waals surface area contributed by atoms with Gasteiger partial charge in [0.15, 0.2) is 0 Å². The molecule has 3 rings (SSSR count). The first kappa shape index (κ1) is 16.8. The number of methoxy groups -OCH3 is 2. The van der Waals surface area contributed by atoms with Crippen LogP contribution in [0.3, 0.4) is 0 Å². The fraction of sp³-hybridized carbons (Fsp3) is 0.400. The number of rotatable bonds is 6. The van der Waals surface area contributed by atoms with E-state index in [2.05, 4.69) is 29.6 Å². The third-order valence-electron chi connectivity index (χ3n) is 5.05. The quantitative estimate of drug-likeness (QED) is 0.857. The molecular formula is C20H26N2O2. The van der Waals surface area contributed by atoms with Crippen LogP contribution in [0.25, 0.3) is 0 Å². The molecule has 0 spiro atoms. The van der Waals surface area contributed by atoms with Gasteiger partial charge in [0.25, 0.3) is 0 Å². The summed E-state index contributed by atoms with van der Waals surface area (Å²) in [6, 6.07) is 14.4. The first-order chi connectivity index (χ1) is 11.7. The summed E-state index contributed by atoms with van der Waals surface area (Å²) in [5.41, 5.74) is 9.82. The fourth-order valence-electron chi connectivity index (χ4n) is 3.57. The maximum absolute atomic E-state index is 6.19. The molecule has 0 heterocycles. The number of ether oxygens (including phenoxy) is 2. The molecule has 1 unspecified atom stereocenters. The van der Waals surface area contributed by atoms with Crippen LogP contribution in [0.1, 0.15) is 23.1 Å². The van der Waals surface area contributed by atoms with Crippen molar-refractivity contribution >= 4 is 0 Å². The van der Waals surface area contributed by atoms with Gasteiger partial charge in [-0.25, -0.2) is 0 Å². The molecule has 0 aromatic heterocycles. The van der Waals surface area contributed by atoms with E-state index >= 15 is 0 Å². The van der Waals surface area contributed by atoms with E-state index in [9.17, 15) is 0 Å². The SMILES string of the molecule is COc1ccc(OC)c2c1CCC(CN)(NCc1ccccc1)C2. The van der Waals surface area contributed by atoms with Gasteiger partial charge < -0.3 is 20.5 Å². The zero-order valence-electron chi connectivity index (χ0n) is 14.5. The predicted molar refractivity (Wildman–Crippen MR) is 96.6 cm³/mol. The molecule has 2 aromatic carbocycles. The number of hydrogen-bond donors (Lipinski definition) is 2. The van der Waals surface area contributed by atoms with E-state index in [0.717, 1.165) is 37.3 Å². The maximum Gasteiger partial charge on any atom is 0.122 e. The molecule has 4 nitrogen and oxygen atoms in total. The van der Waals surface area contributed by atoms with Crippen LogP contribution < -0.4 is 20.5 Å². The standard InChI is InChI=1S/C20H26N2O2/c1-23-18-8-9-19(24-2)17-12-20(14-21,11-10-16(17)18)22-13-15-6-4-3-5-7-15/h3-9,22H,10-14,21H2,1-2H3. The van der Waals surface area contributed by atoms with E-state index in [0.29, 0.717) is 6.54 Å². The van der Waals surface area contributed by atoms with Crippen molar-refractivity contribution in [2.45, 2.75) is 31.3 Å². The van der Waals surface area contributed by atoms with Gasteiger partial charge in [-0.2, -0.15) is 0 Å². The zero-order chi connectivity index (χ0) is 17.0. The van der Waals surface area contributed by atoms with E-state index in [1.165, 1.54) is 16.7 Å². The summed E-state index contributed by atoms with van der Waals surface area (Å²) in [6.07, 6.45) is 2.79. The Bertz CT molecular complexity index is 688. The molecule has 1 aliphatic carbocycles. The van der Waals surface area contributed by atoms with Gasteiger partial charge in [0, 0.05) is 29.8 Å². The normalized spacial score (nSPS) is 19.6. The summed E-state index contributed by atoms with van der Waals surface area (Å²) in [5.74, 6) is 1.87. The summed E-state index contributed by atoms with van der Waals surface area (Å²) in [6.45, 7) is 1.42. The average Bonchev–Trinajstić information content (AvgIpc) is 2.66. The van der Waals surface area contributed by atoms with Crippen LogP contribution in [-0.2, 0) is 19.4 Å². The van der Waals surface area contributed by atoms with Gasteiger partial charge in [-0.05, 0) is 37.0 Å². The van der Waals surface area contributed by atoms with Crippen molar-refractivity contribution in [3.63, 3.8) is 0 Å². The van der Waals surface area contributed by atoms with Crippen molar-refractivity contribution in [3.05, 3.63) is 59.2 Å². The molecule has 0 fully saturated rings. The predicted octanol–water partition coefficient (Wildman–Crippen LogP) is 2.68. The second-order valence-electron chi connectivity index (χ2n) is 6.43. The molecule has 0 aliphatic heterocycles. The van der Waals surface area contributed by atoms with E-state index in [-0.39, 0.29) is 5.54 Å². The summed E-state index contributed by atoms with van der Waals surface area (Å²) in [7, 11) is 3.44. The fourth-order valence-corrected chi connectivity index (χ4v) is 3.57. The molecule has 0 saturated carbocycles. The molecule has 1 atom stereocenters. The van der Waals surface area contributed by atoms with Crippen LogP contribution in [0.2, 0.25) is 0 Å². The molecule has 0 bridgehead atoms. The molecule has 1 aliphatic rings. The molecule has 24 heavy (non-hydrogen) atoms. The van der Waals surface area contributed by atoms with Crippen molar-refractivity contribution in [3.8, 4) is 11.5 Å². The first-order valence-electron chi connectivity index (χ1n) is 8.43. The van der Waals surface area contributed by atoms with Gasteiger partial charge in [0.05, 0.1) is 14.2 Å². The lowest BCUT2D eigenvalue weighted by Crippen LogP contribution is -2.54. The molecule has 4 heteroatoms. The zero-order valence-corrected chi connectivity index (χ0v) is 14.5. The van der Waals surface area contributed by atoms with Crippen LogP contribution in [0.15, 0.2) is 42.5 Å². The van der Waals surface area contributed by atoms with Crippen molar-refractivity contribution in [1.82, 2.24) is 5.32 Å². The minimum absolute atomic E-state index is 0.109. The number of fused-ring (bicyclic) bond motifs is 1. The summed E-state index contributed by atoms with van der Waals surface area (Å²) in [5, 5.41) is 3.71. The highest BCUT2D eigenvalue weighted by Crippen LogP contribution is 2.39. The smallest absolute Gasteiger partial charge is 0.122 e. The first-order valence-corrected chi connectivity index (χ1v) is 8.43. The third-order valence-corrected chi connectivity index (χ3v) is 5.05. The minimum Gasteiger partial charge on any atom is -0.496 e. The van der Waals surface area contributed by atoms with E-state index in [4.69, 9.17) is 15.2 Å².